The third-order valence-electron chi connectivity index (χ3n) is 4.14. The van der Waals surface area contributed by atoms with Crippen molar-refractivity contribution < 1.29 is 26.2 Å². The maximum atomic E-state index is 3.50. The number of piperidine rings is 1. The van der Waals surface area contributed by atoms with Crippen molar-refractivity contribution in [3.05, 3.63) is 87.5 Å². The van der Waals surface area contributed by atoms with Crippen LogP contribution in [0, 0.1) is 76.4 Å². The molecule has 0 spiro atoms. The van der Waals surface area contributed by atoms with Gasteiger partial charge in [0, 0.05) is 0 Å². The number of rotatable bonds is 5. The average molecular weight is 441 g/mol. The second-order valence-electron chi connectivity index (χ2n) is 6.32. The van der Waals surface area contributed by atoms with E-state index < -0.39 is 0 Å². The monoisotopic (exact) mass is 439 g/mol. The molecule has 3 fully saturated rings. The topological polar surface area (TPSA) is 3.24 Å². The molecule has 0 amide bonds. The fourth-order valence-electron chi connectivity index (χ4n) is 2.82. The van der Waals surface area contributed by atoms with Crippen LogP contribution in [0.25, 0.3) is 0 Å². The molecular formula is C25H35NZr. The van der Waals surface area contributed by atoms with Gasteiger partial charge in [-0.05, 0) is 83.7 Å². The zero-order chi connectivity index (χ0) is 18.9. The third kappa shape index (κ3) is 14.0. The van der Waals surface area contributed by atoms with E-state index in [9.17, 15) is 0 Å². The Labute approximate surface area is 190 Å². The quantitative estimate of drug-likeness (QED) is 0.487. The molecule has 144 valence electrons. The number of allylic oxidation sites excluding steroid dienone is 2. The normalized spacial score (nSPS) is 22.6. The van der Waals surface area contributed by atoms with E-state index in [1.165, 1.54) is 43.5 Å². The second kappa shape index (κ2) is 19.6. The Bertz CT molecular complexity index is 353. The van der Waals surface area contributed by atoms with Crippen molar-refractivity contribution in [1.82, 2.24) is 4.90 Å². The van der Waals surface area contributed by atoms with Crippen LogP contribution >= 0.6 is 0 Å². The number of hydrogen-bond acceptors (Lipinski definition) is 1. The van der Waals surface area contributed by atoms with E-state index in [4.69, 9.17) is 0 Å². The molecule has 2 aliphatic carbocycles. The fraction of sp³-hybridized carbons (Fsp3) is 0.440. The summed E-state index contributed by atoms with van der Waals surface area (Å²) in [6, 6.07) is 0. The minimum absolute atomic E-state index is 0. The van der Waals surface area contributed by atoms with Gasteiger partial charge in [-0.3, -0.25) is 0 Å². The first-order valence-corrected chi connectivity index (χ1v) is 10.1. The number of hydrogen-bond donors (Lipinski definition) is 0. The molecular weight excluding hydrogens is 406 g/mol. The summed E-state index contributed by atoms with van der Waals surface area (Å²) < 4.78 is 0. The molecule has 0 unspecified atom stereocenters. The Hall–Kier alpha value is 0.323. The SMILES string of the molecule is CC[C-]=C1CCN(CCCC)CC1=[C-]CC.[CH]1[CH][CH][CH][CH]1.[CH]1[CH][CH][CH][CH]1.[Zr+2]. The average Bonchev–Trinajstić information content (AvgIpc) is 3.40. The van der Waals surface area contributed by atoms with E-state index in [2.05, 4.69) is 37.8 Å². The van der Waals surface area contributed by atoms with E-state index in [0.717, 1.165) is 19.4 Å². The predicted octanol–water partition coefficient (Wildman–Crippen LogP) is 5.81. The molecule has 0 bridgehead atoms. The van der Waals surface area contributed by atoms with Crippen LogP contribution in [0.1, 0.15) is 52.9 Å². The summed E-state index contributed by atoms with van der Waals surface area (Å²) in [4.78, 5) is 2.56. The molecule has 2 saturated carbocycles. The van der Waals surface area contributed by atoms with Gasteiger partial charge in [0.25, 0.3) is 0 Å². The molecule has 0 N–H and O–H groups in total. The van der Waals surface area contributed by atoms with Crippen LogP contribution in [0.2, 0.25) is 0 Å². The van der Waals surface area contributed by atoms with Crippen LogP contribution in [0.4, 0.5) is 0 Å². The van der Waals surface area contributed by atoms with E-state index in [1.54, 1.807) is 0 Å². The minimum atomic E-state index is 0. The first-order chi connectivity index (χ1) is 12.8. The molecule has 0 aromatic rings. The smallest absolute Gasteiger partial charge is 0.373 e. The third-order valence-corrected chi connectivity index (χ3v) is 4.14. The molecule has 27 heavy (non-hydrogen) atoms. The Morgan fingerprint density at radius 1 is 0.741 bits per heavy atom. The van der Waals surface area contributed by atoms with E-state index in [-0.39, 0.29) is 26.2 Å². The van der Waals surface area contributed by atoms with E-state index in [0.29, 0.717) is 0 Å². The molecule has 1 nitrogen and oxygen atoms in total. The number of nitrogens with zero attached hydrogens (tertiary/aromatic N) is 1. The summed E-state index contributed by atoms with van der Waals surface area (Å²) in [5, 5.41) is 0. The van der Waals surface area contributed by atoms with Crippen molar-refractivity contribution >= 4 is 0 Å². The van der Waals surface area contributed by atoms with Crippen molar-refractivity contribution in [1.29, 1.82) is 0 Å². The van der Waals surface area contributed by atoms with Crippen LogP contribution in [0.5, 0.6) is 0 Å². The van der Waals surface area contributed by atoms with Crippen molar-refractivity contribution in [2.75, 3.05) is 19.6 Å². The van der Waals surface area contributed by atoms with Crippen molar-refractivity contribution in [2.45, 2.75) is 52.9 Å². The Kier molecular flexibility index (Phi) is 19.9. The first-order valence-electron chi connectivity index (χ1n) is 10.1. The van der Waals surface area contributed by atoms with Crippen LogP contribution in [-0.4, -0.2) is 24.5 Å². The maximum Gasteiger partial charge on any atom is 2.00 e. The molecule has 3 rings (SSSR count). The molecule has 0 aromatic heterocycles. The van der Waals surface area contributed by atoms with Gasteiger partial charge in [-0.1, -0.05) is 33.7 Å². The molecule has 3 aliphatic rings. The standard InChI is InChI=1S/C15H25N.2C5H5.Zr/c1-4-7-11-16-12-10-14(8-5-2)15(13-16)9-6-3;2*1-2-4-5-3-1;/h4-7,10-13H2,1-3H3;2*1-5H;/q-2;;;+2. The van der Waals surface area contributed by atoms with Gasteiger partial charge >= 0.3 is 26.2 Å². The number of likely N-dealkylation sites (tertiary alicyclic amines) is 1. The van der Waals surface area contributed by atoms with Gasteiger partial charge in [0.1, 0.15) is 0 Å². The molecule has 1 saturated heterocycles. The largest absolute Gasteiger partial charge is 2.00 e. The van der Waals surface area contributed by atoms with Gasteiger partial charge in [0.15, 0.2) is 0 Å². The van der Waals surface area contributed by atoms with E-state index >= 15 is 0 Å². The van der Waals surface area contributed by atoms with Gasteiger partial charge in [0.05, 0.1) is 0 Å². The molecule has 1 heterocycles. The summed E-state index contributed by atoms with van der Waals surface area (Å²) in [6.07, 6.45) is 32.8. The van der Waals surface area contributed by atoms with E-state index in [1.807, 2.05) is 64.2 Å². The van der Waals surface area contributed by atoms with Crippen molar-refractivity contribution in [2.24, 2.45) is 0 Å². The summed E-state index contributed by atoms with van der Waals surface area (Å²) in [7, 11) is 0. The molecule has 2 heteroatoms. The van der Waals surface area contributed by atoms with Gasteiger partial charge in [0.2, 0.25) is 0 Å². The summed E-state index contributed by atoms with van der Waals surface area (Å²) in [5.74, 6) is 0. The zero-order valence-corrected chi connectivity index (χ0v) is 19.8. The fourth-order valence-corrected chi connectivity index (χ4v) is 2.82. The minimum Gasteiger partial charge on any atom is -0.373 e. The maximum absolute atomic E-state index is 3.50. The van der Waals surface area contributed by atoms with Gasteiger partial charge < -0.3 is 28.2 Å². The molecule has 1 aliphatic heterocycles. The molecule has 10 radical (unpaired) electrons. The summed E-state index contributed by atoms with van der Waals surface area (Å²) in [6.45, 7) is 10.1. The van der Waals surface area contributed by atoms with Crippen LogP contribution in [0.15, 0.2) is 11.1 Å². The summed E-state index contributed by atoms with van der Waals surface area (Å²) >= 11 is 0. The Morgan fingerprint density at radius 3 is 1.59 bits per heavy atom. The first kappa shape index (κ1) is 27.3. The van der Waals surface area contributed by atoms with Crippen molar-refractivity contribution in [3.8, 4) is 0 Å². The number of unbranched alkanes of at least 4 members (excludes halogenated alkanes) is 1. The Balaban J connectivity index is 0.000000496. The molecule has 0 aromatic carbocycles. The Morgan fingerprint density at radius 2 is 1.19 bits per heavy atom. The van der Waals surface area contributed by atoms with Gasteiger partial charge in [-0.15, -0.1) is 19.3 Å². The zero-order valence-electron chi connectivity index (χ0n) is 17.4. The molecule has 0 atom stereocenters. The van der Waals surface area contributed by atoms with Crippen LogP contribution in [-0.2, 0) is 26.2 Å². The van der Waals surface area contributed by atoms with Gasteiger partial charge in [-0.25, -0.2) is 0 Å². The second-order valence-corrected chi connectivity index (χ2v) is 6.32. The summed E-state index contributed by atoms with van der Waals surface area (Å²) in [5.41, 5.74) is 2.84. The van der Waals surface area contributed by atoms with Crippen LogP contribution in [0.3, 0.4) is 0 Å². The predicted molar refractivity (Wildman–Crippen MR) is 113 cm³/mol. The van der Waals surface area contributed by atoms with Crippen molar-refractivity contribution in [3.63, 3.8) is 0 Å². The van der Waals surface area contributed by atoms with Crippen LogP contribution < -0.4 is 0 Å². The van der Waals surface area contributed by atoms with Gasteiger partial charge in [-0.2, -0.15) is 0 Å².